The standard InChI is InChI=1S/C14H11BrFNO2/c1-9-2-5-14(19-9)13(18)6-7-17-12-4-3-10(15)8-11(12)16/h2-8,17H,1H3. The van der Waals surface area contributed by atoms with Crippen molar-refractivity contribution in [2.45, 2.75) is 6.92 Å². The van der Waals surface area contributed by atoms with E-state index in [-0.39, 0.29) is 11.5 Å². The Morgan fingerprint density at radius 3 is 2.79 bits per heavy atom. The second-order valence-corrected chi connectivity index (χ2v) is 4.79. The van der Waals surface area contributed by atoms with E-state index in [9.17, 15) is 9.18 Å². The van der Waals surface area contributed by atoms with Crippen LogP contribution in [0, 0.1) is 12.7 Å². The molecule has 2 aromatic rings. The normalized spacial score (nSPS) is 10.9. The summed E-state index contributed by atoms with van der Waals surface area (Å²) in [4.78, 5) is 11.7. The Morgan fingerprint density at radius 1 is 1.37 bits per heavy atom. The lowest BCUT2D eigenvalue weighted by atomic mass is 10.3. The van der Waals surface area contributed by atoms with Gasteiger partial charge < -0.3 is 9.73 Å². The van der Waals surface area contributed by atoms with Crippen LogP contribution in [0.2, 0.25) is 0 Å². The van der Waals surface area contributed by atoms with Crippen LogP contribution in [0.25, 0.3) is 0 Å². The fourth-order valence-electron chi connectivity index (χ4n) is 1.46. The van der Waals surface area contributed by atoms with Gasteiger partial charge in [0, 0.05) is 16.7 Å². The molecule has 0 saturated heterocycles. The number of hydrogen-bond acceptors (Lipinski definition) is 3. The number of halogens is 2. The van der Waals surface area contributed by atoms with Crippen LogP contribution in [-0.4, -0.2) is 5.78 Å². The van der Waals surface area contributed by atoms with Crippen LogP contribution < -0.4 is 5.32 Å². The molecule has 1 N–H and O–H groups in total. The van der Waals surface area contributed by atoms with Gasteiger partial charge in [0.05, 0.1) is 5.69 Å². The van der Waals surface area contributed by atoms with Gasteiger partial charge in [0.25, 0.3) is 0 Å². The highest BCUT2D eigenvalue weighted by Crippen LogP contribution is 2.19. The minimum absolute atomic E-state index is 0.256. The van der Waals surface area contributed by atoms with Crippen LogP contribution in [0.5, 0.6) is 0 Å². The van der Waals surface area contributed by atoms with Gasteiger partial charge in [-0.1, -0.05) is 15.9 Å². The van der Waals surface area contributed by atoms with Crippen molar-refractivity contribution in [2.75, 3.05) is 5.32 Å². The van der Waals surface area contributed by atoms with E-state index >= 15 is 0 Å². The number of allylic oxidation sites excluding steroid dienone is 1. The highest BCUT2D eigenvalue weighted by Gasteiger charge is 2.06. The lowest BCUT2D eigenvalue weighted by Gasteiger charge is -2.02. The fourth-order valence-corrected chi connectivity index (χ4v) is 1.80. The Hall–Kier alpha value is -1.88. The molecule has 0 amide bonds. The number of ketones is 1. The van der Waals surface area contributed by atoms with E-state index in [0.29, 0.717) is 15.9 Å². The maximum absolute atomic E-state index is 13.5. The molecule has 0 unspecified atom stereocenters. The highest BCUT2D eigenvalue weighted by molar-refractivity contribution is 9.10. The summed E-state index contributed by atoms with van der Waals surface area (Å²) in [7, 11) is 0. The van der Waals surface area contributed by atoms with E-state index in [2.05, 4.69) is 21.2 Å². The molecule has 3 nitrogen and oxygen atoms in total. The molecule has 1 aromatic carbocycles. The molecule has 0 radical (unpaired) electrons. The van der Waals surface area contributed by atoms with E-state index in [0.717, 1.165) is 0 Å². The molecule has 1 aromatic heterocycles. The zero-order chi connectivity index (χ0) is 13.8. The average Bonchev–Trinajstić information content (AvgIpc) is 2.78. The van der Waals surface area contributed by atoms with Gasteiger partial charge in [-0.2, -0.15) is 0 Å². The lowest BCUT2D eigenvalue weighted by molar-refractivity contribution is 0.102. The first kappa shape index (κ1) is 13.5. The summed E-state index contributed by atoms with van der Waals surface area (Å²) in [5.41, 5.74) is 0.294. The molecule has 1 heterocycles. The third-order valence-corrected chi connectivity index (χ3v) is 2.88. The Bertz CT molecular complexity index is 634. The molecule has 98 valence electrons. The number of carbonyl (C=O) groups excluding carboxylic acids is 1. The molecule has 5 heteroatoms. The van der Waals surface area contributed by atoms with Crippen molar-refractivity contribution in [2.24, 2.45) is 0 Å². The van der Waals surface area contributed by atoms with Crippen LogP contribution in [0.3, 0.4) is 0 Å². The summed E-state index contributed by atoms with van der Waals surface area (Å²) in [5, 5.41) is 2.71. The van der Waals surface area contributed by atoms with Crippen molar-refractivity contribution in [1.29, 1.82) is 0 Å². The van der Waals surface area contributed by atoms with Gasteiger partial charge in [0.1, 0.15) is 11.6 Å². The van der Waals surface area contributed by atoms with E-state index in [4.69, 9.17) is 4.42 Å². The summed E-state index contributed by atoms with van der Waals surface area (Å²) < 4.78 is 19.3. The van der Waals surface area contributed by atoms with Crippen LogP contribution in [-0.2, 0) is 0 Å². The van der Waals surface area contributed by atoms with Gasteiger partial charge in [0.2, 0.25) is 5.78 Å². The van der Waals surface area contributed by atoms with Crippen molar-refractivity contribution in [3.8, 4) is 0 Å². The van der Waals surface area contributed by atoms with Gasteiger partial charge in [0.15, 0.2) is 5.76 Å². The van der Waals surface area contributed by atoms with Crippen LogP contribution in [0.1, 0.15) is 16.3 Å². The molecule has 19 heavy (non-hydrogen) atoms. The molecular formula is C14H11BrFNO2. The molecule has 2 rings (SSSR count). The number of anilines is 1. The maximum Gasteiger partial charge on any atom is 0.222 e. The van der Waals surface area contributed by atoms with Crippen molar-refractivity contribution < 1.29 is 13.6 Å². The molecule has 0 aliphatic carbocycles. The van der Waals surface area contributed by atoms with Crippen LogP contribution in [0.4, 0.5) is 10.1 Å². The number of benzene rings is 1. The zero-order valence-corrected chi connectivity index (χ0v) is 11.7. The predicted molar refractivity (Wildman–Crippen MR) is 74.6 cm³/mol. The highest BCUT2D eigenvalue weighted by atomic mass is 79.9. The first-order chi connectivity index (χ1) is 9.06. The van der Waals surface area contributed by atoms with Gasteiger partial charge in [-0.25, -0.2) is 4.39 Å². The second kappa shape index (κ2) is 5.84. The Balaban J connectivity index is 2.02. The van der Waals surface area contributed by atoms with Crippen molar-refractivity contribution in [3.63, 3.8) is 0 Å². The van der Waals surface area contributed by atoms with Crippen LogP contribution >= 0.6 is 15.9 Å². The molecule has 0 fully saturated rings. The minimum Gasteiger partial charge on any atom is -0.458 e. The zero-order valence-electron chi connectivity index (χ0n) is 10.1. The molecular weight excluding hydrogens is 313 g/mol. The average molecular weight is 324 g/mol. The van der Waals surface area contributed by atoms with E-state index in [1.54, 1.807) is 31.2 Å². The fraction of sp³-hybridized carbons (Fsp3) is 0.0714. The Morgan fingerprint density at radius 2 is 2.16 bits per heavy atom. The lowest BCUT2D eigenvalue weighted by Crippen LogP contribution is -1.96. The molecule has 0 aliphatic rings. The molecule has 0 spiro atoms. The minimum atomic E-state index is -0.402. The third-order valence-electron chi connectivity index (χ3n) is 2.39. The van der Waals surface area contributed by atoms with E-state index in [1.807, 2.05) is 0 Å². The first-order valence-electron chi connectivity index (χ1n) is 5.55. The number of furan rings is 1. The van der Waals surface area contributed by atoms with Gasteiger partial charge >= 0.3 is 0 Å². The van der Waals surface area contributed by atoms with Crippen molar-refractivity contribution in [1.82, 2.24) is 0 Å². The van der Waals surface area contributed by atoms with Gasteiger partial charge in [-0.05, 0) is 37.3 Å². The van der Waals surface area contributed by atoms with Crippen molar-refractivity contribution in [3.05, 3.63) is 64.4 Å². The molecule has 0 aliphatic heterocycles. The summed E-state index contributed by atoms with van der Waals surface area (Å²) in [5.74, 6) is 0.244. The summed E-state index contributed by atoms with van der Waals surface area (Å²) in [6.07, 6.45) is 2.67. The Labute approximate surface area is 118 Å². The van der Waals surface area contributed by atoms with Gasteiger partial charge in [-0.15, -0.1) is 0 Å². The number of hydrogen-bond donors (Lipinski definition) is 1. The maximum atomic E-state index is 13.5. The topological polar surface area (TPSA) is 42.2 Å². The van der Waals surface area contributed by atoms with Crippen LogP contribution in [0.15, 0.2) is 51.5 Å². The largest absolute Gasteiger partial charge is 0.458 e. The predicted octanol–water partition coefficient (Wildman–Crippen LogP) is 4.30. The SMILES string of the molecule is Cc1ccc(C(=O)C=CNc2ccc(Br)cc2F)o1. The summed E-state index contributed by atoms with van der Waals surface area (Å²) in [6.45, 7) is 1.76. The second-order valence-electron chi connectivity index (χ2n) is 3.88. The summed E-state index contributed by atoms with van der Waals surface area (Å²) >= 11 is 3.17. The first-order valence-corrected chi connectivity index (χ1v) is 6.34. The molecule has 0 saturated carbocycles. The number of carbonyl (C=O) groups is 1. The molecule has 0 bridgehead atoms. The van der Waals surface area contributed by atoms with Gasteiger partial charge in [-0.3, -0.25) is 4.79 Å². The third kappa shape index (κ3) is 3.54. The monoisotopic (exact) mass is 323 g/mol. The number of rotatable bonds is 4. The van der Waals surface area contributed by atoms with Crippen molar-refractivity contribution >= 4 is 27.4 Å². The summed E-state index contributed by atoms with van der Waals surface area (Å²) in [6, 6.07) is 7.93. The van der Waals surface area contributed by atoms with E-state index < -0.39 is 5.82 Å². The van der Waals surface area contributed by atoms with E-state index in [1.165, 1.54) is 18.3 Å². The quantitative estimate of drug-likeness (QED) is 0.673. The smallest absolute Gasteiger partial charge is 0.222 e. The number of aryl methyl sites for hydroxylation is 1. The Kier molecular flexibility index (Phi) is 4.16. The number of nitrogens with one attached hydrogen (secondary N) is 1. The molecule has 0 atom stereocenters.